The molecule has 6 rings (SSSR count). The van der Waals surface area contributed by atoms with Crippen molar-refractivity contribution in [2.75, 3.05) is 11.9 Å². The van der Waals surface area contributed by atoms with Crippen LogP contribution >= 0.6 is 0 Å². The van der Waals surface area contributed by atoms with Crippen molar-refractivity contribution in [1.82, 2.24) is 15.3 Å². The molecule has 4 heterocycles. The van der Waals surface area contributed by atoms with Crippen LogP contribution in [0, 0.1) is 20.8 Å². The largest absolute Gasteiger partial charge is 0.379 e. The molecule has 1 unspecified atom stereocenters. The Morgan fingerprint density at radius 1 is 0.921 bits per heavy atom. The maximum absolute atomic E-state index is 4.63. The van der Waals surface area contributed by atoms with E-state index in [-0.39, 0.29) is 6.04 Å². The summed E-state index contributed by atoms with van der Waals surface area (Å²) in [7, 11) is 0. The molecule has 1 aliphatic carbocycles. The first kappa shape index (κ1) is 30.3. The quantitative estimate of drug-likeness (QED) is 0.297. The second kappa shape index (κ2) is 14.7. The van der Waals surface area contributed by atoms with Crippen molar-refractivity contribution in [3.63, 3.8) is 0 Å². The first-order valence-electron chi connectivity index (χ1n) is 13.6. The summed E-state index contributed by atoms with van der Waals surface area (Å²) in [5, 5.41) is 8.04. The number of hydrogen-bond donors (Lipinski definition) is 2. The van der Waals surface area contributed by atoms with Crippen LogP contribution in [0.25, 0.3) is 23.1 Å². The van der Waals surface area contributed by atoms with Crippen molar-refractivity contribution in [3.8, 4) is 0 Å². The van der Waals surface area contributed by atoms with E-state index in [0.29, 0.717) is 0 Å². The first-order valence-corrected chi connectivity index (χ1v) is 13.6. The Bertz CT molecular complexity index is 1360. The fraction of sp³-hybridized carbons (Fsp3) is 0.294. The molecule has 1 aromatic carbocycles. The monoisotopic (exact) mass is 508 g/mol. The van der Waals surface area contributed by atoms with Crippen LogP contribution in [0.15, 0.2) is 79.2 Å². The number of dihydropyridines is 1. The standard InChI is InChI=1S/2C14H14N2.2C2H6.C2H4/c1-9-5-11-3-4-12-6-10(2)8-16-14(12)13(11)15-7-9;1-9-8-11-6-5-10(2)16-13(11)14-12(9)4-3-7-15-14;3*1-2/h3-8,13,15H,1-2H3;3-6,8,15H,7H2,1-2H3;2*1-2H3;1-2H2. The minimum atomic E-state index is 0.226. The number of nitrogens with zero attached hydrogens (tertiary/aromatic N) is 2. The van der Waals surface area contributed by atoms with Gasteiger partial charge in [0.1, 0.15) is 0 Å². The van der Waals surface area contributed by atoms with Gasteiger partial charge in [0.05, 0.1) is 22.9 Å². The summed E-state index contributed by atoms with van der Waals surface area (Å²) >= 11 is 0. The third-order valence-corrected chi connectivity index (χ3v) is 6.07. The topological polar surface area (TPSA) is 49.8 Å². The van der Waals surface area contributed by atoms with E-state index >= 15 is 0 Å². The Balaban J connectivity index is 0.000000224. The Morgan fingerprint density at radius 2 is 1.66 bits per heavy atom. The van der Waals surface area contributed by atoms with E-state index < -0.39 is 0 Å². The lowest BCUT2D eigenvalue weighted by Gasteiger charge is -2.27. The fourth-order valence-corrected chi connectivity index (χ4v) is 4.49. The van der Waals surface area contributed by atoms with Gasteiger partial charge < -0.3 is 10.6 Å². The third-order valence-electron chi connectivity index (χ3n) is 6.07. The second-order valence-corrected chi connectivity index (χ2v) is 8.74. The molecule has 4 nitrogen and oxygen atoms in total. The molecule has 0 spiro atoms. The average Bonchev–Trinajstić information content (AvgIpc) is 2.97. The van der Waals surface area contributed by atoms with Crippen molar-refractivity contribution in [2.24, 2.45) is 0 Å². The van der Waals surface area contributed by atoms with Gasteiger partial charge in [-0.15, -0.1) is 13.2 Å². The maximum Gasteiger partial charge on any atom is 0.0942 e. The molecule has 2 N–H and O–H groups in total. The molecule has 0 saturated carbocycles. The first-order chi connectivity index (χ1) is 18.5. The van der Waals surface area contributed by atoms with Gasteiger partial charge in [0.25, 0.3) is 0 Å². The van der Waals surface area contributed by atoms with E-state index in [4.69, 9.17) is 0 Å². The SMILES string of the molecule is C=C.CC.CC.CC1=CNC2C(=C1)C=Cc1cc(C)cnc12.Cc1ccc2cc(C)c3c(c2n1)NCC=C3. The molecule has 0 bridgehead atoms. The number of aromatic nitrogens is 2. The summed E-state index contributed by atoms with van der Waals surface area (Å²) in [5.74, 6) is 0. The summed E-state index contributed by atoms with van der Waals surface area (Å²) < 4.78 is 0. The van der Waals surface area contributed by atoms with Gasteiger partial charge in [-0.25, -0.2) is 0 Å². The molecule has 2 aromatic heterocycles. The van der Waals surface area contributed by atoms with E-state index in [0.717, 1.165) is 23.4 Å². The molecule has 3 aromatic rings. The van der Waals surface area contributed by atoms with Crippen molar-refractivity contribution in [1.29, 1.82) is 0 Å². The summed E-state index contributed by atoms with van der Waals surface area (Å²) in [6.07, 6.45) is 14.9. The van der Waals surface area contributed by atoms with Gasteiger partial charge in [0, 0.05) is 35.6 Å². The molecule has 4 heteroatoms. The Hall–Kier alpha value is -3.92. The molecule has 2 aliphatic heterocycles. The van der Waals surface area contributed by atoms with Gasteiger partial charge in [-0.05, 0) is 73.7 Å². The van der Waals surface area contributed by atoms with Crippen LogP contribution in [0.5, 0.6) is 0 Å². The van der Waals surface area contributed by atoms with Crippen LogP contribution in [0.3, 0.4) is 0 Å². The number of fused-ring (bicyclic) bond motifs is 6. The number of nitrogens with one attached hydrogen (secondary N) is 2. The highest BCUT2D eigenvalue weighted by atomic mass is 14.9. The smallest absolute Gasteiger partial charge is 0.0942 e. The second-order valence-electron chi connectivity index (χ2n) is 8.74. The lowest BCUT2D eigenvalue weighted by atomic mass is 9.90. The number of benzene rings is 1. The lowest BCUT2D eigenvalue weighted by molar-refractivity contribution is 0.683. The van der Waals surface area contributed by atoms with Crippen LogP contribution in [-0.4, -0.2) is 16.5 Å². The molecule has 200 valence electrons. The number of hydrogen-bond acceptors (Lipinski definition) is 4. The number of allylic oxidation sites excluding steroid dienone is 2. The van der Waals surface area contributed by atoms with Gasteiger partial charge in [-0.2, -0.15) is 0 Å². The van der Waals surface area contributed by atoms with E-state index in [1.807, 2.05) is 40.8 Å². The molecule has 0 saturated heterocycles. The summed E-state index contributed by atoms with van der Waals surface area (Å²) in [6.45, 7) is 23.2. The Morgan fingerprint density at radius 3 is 2.39 bits per heavy atom. The van der Waals surface area contributed by atoms with Crippen LogP contribution < -0.4 is 10.6 Å². The van der Waals surface area contributed by atoms with Gasteiger partial charge >= 0.3 is 0 Å². The molecule has 1 atom stereocenters. The van der Waals surface area contributed by atoms with Crippen LogP contribution in [-0.2, 0) is 0 Å². The number of anilines is 1. The van der Waals surface area contributed by atoms with E-state index in [1.165, 1.54) is 44.5 Å². The molecule has 0 amide bonds. The summed E-state index contributed by atoms with van der Waals surface area (Å²) in [4.78, 5) is 9.18. The number of rotatable bonds is 0. The van der Waals surface area contributed by atoms with E-state index in [9.17, 15) is 0 Å². The van der Waals surface area contributed by atoms with Gasteiger partial charge in [-0.1, -0.05) is 64.1 Å². The van der Waals surface area contributed by atoms with Gasteiger partial charge in [0.15, 0.2) is 0 Å². The predicted molar refractivity (Wildman–Crippen MR) is 168 cm³/mol. The maximum atomic E-state index is 4.63. The minimum absolute atomic E-state index is 0.226. The minimum Gasteiger partial charge on any atom is -0.379 e. The van der Waals surface area contributed by atoms with Crippen LogP contribution in [0.4, 0.5) is 5.69 Å². The zero-order chi connectivity index (χ0) is 28.2. The molecule has 0 radical (unpaired) electrons. The predicted octanol–water partition coefficient (Wildman–Crippen LogP) is 9.04. The zero-order valence-electron chi connectivity index (χ0n) is 24.4. The van der Waals surface area contributed by atoms with E-state index in [2.05, 4.69) is 115 Å². The highest BCUT2D eigenvalue weighted by molar-refractivity contribution is 5.97. The van der Waals surface area contributed by atoms with Crippen molar-refractivity contribution >= 4 is 28.7 Å². The zero-order valence-corrected chi connectivity index (χ0v) is 24.4. The highest BCUT2D eigenvalue weighted by Gasteiger charge is 2.23. The molecular weight excluding hydrogens is 464 g/mol. The van der Waals surface area contributed by atoms with Crippen molar-refractivity contribution < 1.29 is 0 Å². The molecule has 3 aliphatic rings. The molecular formula is C34H44N4. The third kappa shape index (κ3) is 6.89. The van der Waals surface area contributed by atoms with E-state index in [1.54, 1.807) is 0 Å². The lowest BCUT2D eigenvalue weighted by Crippen LogP contribution is -2.24. The Kier molecular flexibility index (Phi) is 11.7. The number of aryl methyl sites for hydroxylation is 3. The molecule has 38 heavy (non-hydrogen) atoms. The number of pyridine rings is 2. The average molecular weight is 509 g/mol. The van der Waals surface area contributed by atoms with Crippen LogP contribution in [0.1, 0.15) is 74.3 Å². The normalized spacial score (nSPS) is 15.2. The summed E-state index contributed by atoms with van der Waals surface area (Å²) in [5.41, 5.74) is 12.0. The van der Waals surface area contributed by atoms with Crippen molar-refractivity contribution in [2.45, 2.75) is 61.4 Å². The molecule has 0 fully saturated rings. The summed E-state index contributed by atoms with van der Waals surface area (Å²) in [6, 6.07) is 8.82. The van der Waals surface area contributed by atoms with Crippen LogP contribution in [0.2, 0.25) is 0 Å². The van der Waals surface area contributed by atoms with Gasteiger partial charge in [-0.3, -0.25) is 9.97 Å². The van der Waals surface area contributed by atoms with Crippen molar-refractivity contribution in [3.05, 3.63) is 113 Å². The Labute approximate surface area is 230 Å². The fourth-order valence-electron chi connectivity index (χ4n) is 4.49. The van der Waals surface area contributed by atoms with Gasteiger partial charge in [0.2, 0.25) is 0 Å². The highest BCUT2D eigenvalue weighted by Crippen LogP contribution is 2.34.